The zero-order chi connectivity index (χ0) is 18.8. The van der Waals surface area contributed by atoms with E-state index in [1.165, 1.54) is 18.2 Å². The molecule has 0 aliphatic carbocycles. The highest BCUT2D eigenvalue weighted by molar-refractivity contribution is 6.48. The van der Waals surface area contributed by atoms with Crippen molar-refractivity contribution < 1.29 is 18.0 Å². The Labute approximate surface area is 157 Å². The van der Waals surface area contributed by atoms with Crippen LogP contribution in [0.5, 0.6) is 0 Å². The molecule has 1 unspecified atom stereocenters. The highest BCUT2D eigenvalue weighted by atomic mass is 35.5. The van der Waals surface area contributed by atoms with Gasteiger partial charge in [-0.2, -0.15) is 13.2 Å². The summed E-state index contributed by atoms with van der Waals surface area (Å²) in [5, 5.41) is -0.176. The van der Waals surface area contributed by atoms with E-state index in [0.29, 0.717) is 0 Å². The number of primary amides is 1. The van der Waals surface area contributed by atoms with E-state index in [9.17, 15) is 18.0 Å². The van der Waals surface area contributed by atoms with Crippen molar-refractivity contribution in [3.05, 3.63) is 74.2 Å². The van der Waals surface area contributed by atoms with Crippen LogP contribution in [0.4, 0.5) is 13.2 Å². The van der Waals surface area contributed by atoms with Crippen LogP contribution >= 0.6 is 34.8 Å². The first-order chi connectivity index (χ1) is 11.6. The van der Waals surface area contributed by atoms with E-state index in [2.05, 4.69) is 0 Å². The first-order valence-corrected chi connectivity index (χ1v) is 8.03. The summed E-state index contributed by atoms with van der Waals surface area (Å²) in [4.78, 5) is 11.4. The molecule has 0 saturated carbocycles. The maximum absolute atomic E-state index is 13.5. The standard InChI is InChI=1S/C17H11Cl3F3NO/c18-13-7-10(8-14(19)15(13)20)12(17(21,22)23)6-5-9-3-1-2-4-11(9)16(24)25/h1-8,12H,(H2,24,25). The number of allylic oxidation sites excluding steroid dienone is 1. The molecule has 0 aromatic heterocycles. The lowest BCUT2D eigenvalue weighted by Crippen LogP contribution is -2.19. The minimum absolute atomic E-state index is 0.0175. The predicted molar refractivity (Wildman–Crippen MR) is 94.3 cm³/mol. The Bertz CT molecular complexity index is 811. The Balaban J connectivity index is 2.49. The molecule has 0 aliphatic heterocycles. The minimum Gasteiger partial charge on any atom is -0.366 e. The molecule has 2 rings (SSSR count). The Morgan fingerprint density at radius 3 is 2.16 bits per heavy atom. The Morgan fingerprint density at radius 2 is 1.64 bits per heavy atom. The SMILES string of the molecule is NC(=O)c1ccccc1C=CC(c1cc(Cl)c(Cl)c(Cl)c1)C(F)(F)F. The molecule has 2 aromatic rings. The second kappa shape index (κ2) is 7.68. The molecule has 2 N–H and O–H groups in total. The van der Waals surface area contributed by atoms with E-state index in [4.69, 9.17) is 40.5 Å². The van der Waals surface area contributed by atoms with Gasteiger partial charge in [-0.3, -0.25) is 4.79 Å². The number of rotatable bonds is 4. The highest BCUT2D eigenvalue weighted by Gasteiger charge is 2.39. The van der Waals surface area contributed by atoms with Crippen molar-refractivity contribution in [3.8, 4) is 0 Å². The number of hydrogen-bond donors (Lipinski definition) is 1. The first-order valence-electron chi connectivity index (χ1n) is 6.89. The molecule has 0 spiro atoms. The third-order valence-electron chi connectivity index (χ3n) is 3.41. The normalized spacial score (nSPS) is 13.2. The minimum atomic E-state index is -4.60. The first kappa shape index (κ1) is 19.6. The zero-order valence-electron chi connectivity index (χ0n) is 12.4. The quantitative estimate of drug-likeness (QED) is 0.610. The Hall–Kier alpha value is -1.69. The van der Waals surface area contributed by atoms with Gasteiger partial charge in [-0.05, 0) is 29.3 Å². The van der Waals surface area contributed by atoms with Gasteiger partial charge in [0.2, 0.25) is 5.91 Å². The van der Waals surface area contributed by atoms with Gasteiger partial charge >= 0.3 is 6.18 Å². The topological polar surface area (TPSA) is 43.1 Å². The smallest absolute Gasteiger partial charge is 0.366 e. The van der Waals surface area contributed by atoms with E-state index >= 15 is 0 Å². The molecule has 25 heavy (non-hydrogen) atoms. The van der Waals surface area contributed by atoms with Crippen molar-refractivity contribution in [3.63, 3.8) is 0 Å². The largest absolute Gasteiger partial charge is 0.399 e. The lowest BCUT2D eigenvalue weighted by Gasteiger charge is -2.18. The third kappa shape index (κ3) is 4.69. The summed E-state index contributed by atoms with van der Waals surface area (Å²) in [7, 11) is 0. The van der Waals surface area contributed by atoms with Crippen LogP contribution in [0.2, 0.25) is 15.1 Å². The summed E-state index contributed by atoms with van der Waals surface area (Å²) >= 11 is 17.4. The molecule has 132 valence electrons. The fourth-order valence-corrected chi connectivity index (χ4v) is 2.84. The van der Waals surface area contributed by atoms with E-state index in [1.807, 2.05) is 0 Å². The van der Waals surface area contributed by atoms with E-state index in [0.717, 1.165) is 18.2 Å². The average molecular weight is 409 g/mol. The summed E-state index contributed by atoms with van der Waals surface area (Å²) in [5.74, 6) is -2.72. The Kier molecular flexibility index (Phi) is 6.03. The maximum Gasteiger partial charge on any atom is 0.399 e. The summed E-state index contributed by atoms with van der Waals surface area (Å²) in [5.41, 5.74) is 5.45. The van der Waals surface area contributed by atoms with Gasteiger partial charge in [0.15, 0.2) is 0 Å². The van der Waals surface area contributed by atoms with Crippen molar-refractivity contribution >= 4 is 46.8 Å². The van der Waals surface area contributed by atoms with Crippen LogP contribution in [0.25, 0.3) is 6.08 Å². The molecule has 1 atom stereocenters. The maximum atomic E-state index is 13.5. The fraction of sp³-hybridized carbons (Fsp3) is 0.118. The molecule has 2 aromatic carbocycles. The molecule has 0 fully saturated rings. The van der Waals surface area contributed by atoms with Crippen molar-refractivity contribution in [1.82, 2.24) is 0 Å². The lowest BCUT2D eigenvalue weighted by molar-refractivity contribution is -0.139. The summed E-state index contributed by atoms with van der Waals surface area (Å²) < 4.78 is 40.4. The highest BCUT2D eigenvalue weighted by Crippen LogP contribution is 2.41. The molecule has 0 saturated heterocycles. The Morgan fingerprint density at radius 1 is 1.08 bits per heavy atom. The molecule has 0 radical (unpaired) electrons. The van der Waals surface area contributed by atoms with Gasteiger partial charge < -0.3 is 5.73 Å². The van der Waals surface area contributed by atoms with Gasteiger partial charge in [0.25, 0.3) is 0 Å². The van der Waals surface area contributed by atoms with Crippen LogP contribution in [0, 0.1) is 0 Å². The summed E-state index contributed by atoms with van der Waals surface area (Å²) in [6.45, 7) is 0. The molecular formula is C17H11Cl3F3NO. The van der Waals surface area contributed by atoms with E-state index in [-0.39, 0.29) is 31.8 Å². The monoisotopic (exact) mass is 407 g/mol. The van der Waals surface area contributed by atoms with Crippen molar-refractivity contribution in [2.45, 2.75) is 12.1 Å². The predicted octanol–water partition coefficient (Wildman–Crippen LogP) is 6.11. The van der Waals surface area contributed by atoms with Gasteiger partial charge in [-0.15, -0.1) is 0 Å². The number of amides is 1. The lowest BCUT2D eigenvalue weighted by atomic mass is 9.96. The van der Waals surface area contributed by atoms with Crippen LogP contribution in [0.1, 0.15) is 27.4 Å². The molecule has 8 heteroatoms. The summed E-state index contributed by atoms with van der Waals surface area (Å²) in [6, 6.07) is 8.30. The number of carbonyl (C=O) groups is 1. The van der Waals surface area contributed by atoms with Gasteiger partial charge in [-0.25, -0.2) is 0 Å². The van der Waals surface area contributed by atoms with Gasteiger partial charge in [0.1, 0.15) is 0 Å². The zero-order valence-corrected chi connectivity index (χ0v) is 14.7. The molecule has 0 aliphatic rings. The number of benzene rings is 2. The van der Waals surface area contributed by atoms with Gasteiger partial charge in [0, 0.05) is 5.56 Å². The number of hydrogen-bond acceptors (Lipinski definition) is 1. The molecule has 1 amide bonds. The molecule has 0 heterocycles. The van der Waals surface area contributed by atoms with Gasteiger partial charge in [-0.1, -0.05) is 65.2 Å². The van der Waals surface area contributed by atoms with Crippen LogP contribution < -0.4 is 5.73 Å². The van der Waals surface area contributed by atoms with Gasteiger partial charge in [0.05, 0.1) is 21.0 Å². The van der Waals surface area contributed by atoms with Crippen molar-refractivity contribution in [2.75, 3.05) is 0 Å². The average Bonchev–Trinajstić information content (AvgIpc) is 2.51. The van der Waals surface area contributed by atoms with E-state index in [1.54, 1.807) is 12.1 Å². The van der Waals surface area contributed by atoms with Crippen molar-refractivity contribution in [1.29, 1.82) is 0 Å². The fourth-order valence-electron chi connectivity index (χ4n) is 2.23. The number of nitrogens with two attached hydrogens (primary N) is 1. The molecule has 2 nitrogen and oxygen atoms in total. The second-order valence-electron chi connectivity index (χ2n) is 5.13. The van der Waals surface area contributed by atoms with Crippen LogP contribution in [0.15, 0.2) is 42.5 Å². The van der Waals surface area contributed by atoms with E-state index < -0.39 is 18.0 Å². The summed E-state index contributed by atoms with van der Waals surface area (Å²) in [6.07, 6.45) is -2.50. The van der Waals surface area contributed by atoms with Crippen LogP contribution in [0.3, 0.4) is 0 Å². The van der Waals surface area contributed by atoms with Crippen LogP contribution in [-0.4, -0.2) is 12.1 Å². The third-order valence-corrected chi connectivity index (χ3v) is 4.61. The molecular weight excluding hydrogens is 398 g/mol. The number of alkyl halides is 3. The molecule has 0 bridgehead atoms. The van der Waals surface area contributed by atoms with Crippen molar-refractivity contribution in [2.24, 2.45) is 5.73 Å². The van der Waals surface area contributed by atoms with Crippen LogP contribution in [-0.2, 0) is 0 Å². The second-order valence-corrected chi connectivity index (χ2v) is 6.32. The number of halogens is 6. The number of carbonyl (C=O) groups excluding carboxylic acids is 1.